The zero-order valence-electron chi connectivity index (χ0n) is 57.2. The molecule has 0 saturated carbocycles. The fourth-order valence-corrected chi connectivity index (χ4v) is 27.5. The van der Waals surface area contributed by atoms with Crippen LogP contribution in [0.1, 0.15) is 178 Å². The number of thiophene rings is 8. The van der Waals surface area contributed by atoms with Crippen molar-refractivity contribution in [3.63, 3.8) is 0 Å². The highest BCUT2D eigenvalue weighted by atomic mass is 32.2. The highest BCUT2D eigenvalue weighted by molar-refractivity contribution is 7.99. The van der Waals surface area contributed by atoms with E-state index in [0.29, 0.717) is 23.7 Å². The lowest BCUT2D eigenvalue weighted by atomic mass is 9.95. The molecule has 96 heavy (non-hydrogen) atoms. The first-order chi connectivity index (χ1) is 47.2. The van der Waals surface area contributed by atoms with E-state index in [1.165, 1.54) is 258 Å². The van der Waals surface area contributed by atoms with E-state index in [9.17, 15) is 0 Å². The van der Waals surface area contributed by atoms with Gasteiger partial charge in [-0.15, -0.1) is 114 Å². The highest BCUT2D eigenvalue weighted by Crippen LogP contribution is 2.59. The molecule has 0 bridgehead atoms. The molecule has 0 aliphatic heterocycles. The molecule has 0 aliphatic rings. The largest absolute Gasteiger partial charge is 0.172 e. The summed E-state index contributed by atoms with van der Waals surface area (Å²) in [5.41, 5.74) is 11.8. The van der Waals surface area contributed by atoms with Gasteiger partial charge in [0, 0.05) is 143 Å². The molecule has 16 heteroatoms. The van der Waals surface area contributed by atoms with Gasteiger partial charge in [0.05, 0.1) is 23.5 Å². The fraction of sp³-hybridized carbons (Fsp3) is 0.425. The van der Waals surface area contributed by atoms with Gasteiger partial charge >= 0.3 is 0 Å². The number of hydrogen-bond acceptors (Lipinski definition) is 16. The van der Waals surface area contributed by atoms with Gasteiger partial charge in [0.15, 0.2) is 0 Å². The Morgan fingerprint density at radius 2 is 0.646 bits per heavy atom. The number of aromatic nitrogens is 4. The van der Waals surface area contributed by atoms with Crippen LogP contribution < -0.4 is 0 Å². The normalized spacial score (nSPS) is 13.6. The second kappa shape index (κ2) is 31.2. The van der Waals surface area contributed by atoms with Crippen molar-refractivity contribution < 1.29 is 0 Å². The number of hydrogen-bond donors (Lipinski definition) is 0. The molecule has 0 fully saturated rings. The summed E-state index contributed by atoms with van der Waals surface area (Å²) in [6, 6.07) is 29.6. The molecular formula is C80H88N4S12. The molecule has 0 saturated heterocycles. The van der Waals surface area contributed by atoms with E-state index in [1.54, 1.807) is 0 Å². The number of thioether (sulfide) groups is 2. The minimum absolute atomic E-state index is 0.709. The third-order valence-corrected chi connectivity index (χ3v) is 31.9. The van der Waals surface area contributed by atoms with Gasteiger partial charge in [0.2, 0.25) is 0 Å². The lowest BCUT2D eigenvalue weighted by Gasteiger charge is -2.16. The molecule has 14 aromatic rings. The van der Waals surface area contributed by atoms with Crippen LogP contribution in [0.4, 0.5) is 0 Å². The number of nitrogens with zero attached hydrogens (tertiary/aromatic N) is 4. The van der Waals surface area contributed by atoms with Crippen LogP contribution in [-0.2, 0) is 25.7 Å². The molecule has 0 spiro atoms. The minimum atomic E-state index is 0.709. The Morgan fingerprint density at radius 1 is 0.333 bits per heavy atom. The predicted molar refractivity (Wildman–Crippen MR) is 443 cm³/mol. The van der Waals surface area contributed by atoms with E-state index in [2.05, 4.69) is 151 Å². The molecule has 14 rings (SSSR count). The molecule has 0 radical (unpaired) electrons. The predicted octanol–water partition coefficient (Wildman–Crippen LogP) is 30.4. The number of fused-ring (bicyclic) bond motifs is 9. The van der Waals surface area contributed by atoms with Crippen molar-refractivity contribution >= 4 is 211 Å². The maximum absolute atomic E-state index is 5.42. The third-order valence-electron chi connectivity index (χ3n) is 20.5. The average Bonchev–Trinajstić information content (AvgIpc) is 1.45. The first kappa shape index (κ1) is 69.2. The summed E-state index contributed by atoms with van der Waals surface area (Å²) in [5, 5.41) is 12.4. The van der Waals surface area contributed by atoms with Crippen LogP contribution in [0.25, 0.3) is 136 Å². The van der Waals surface area contributed by atoms with Crippen LogP contribution >= 0.6 is 138 Å². The van der Waals surface area contributed by atoms with Crippen LogP contribution in [0, 0.1) is 23.7 Å². The average molecular weight is 1490 g/mol. The van der Waals surface area contributed by atoms with E-state index < -0.39 is 0 Å². The van der Waals surface area contributed by atoms with Gasteiger partial charge in [0.25, 0.3) is 0 Å². The van der Waals surface area contributed by atoms with Gasteiger partial charge in [-0.25, -0.2) is 0 Å². The van der Waals surface area contributed by atoms with Crippen LogP contribution in [0.5, 0.6) is 0 Å². The number of rotatable bonds is 32. The van der Waals surface area contributed by atoms with Crippen molar-refractivity contribution in [3.8, 4) is 62.6 Å². The maximum atomic E-state index is 5.42. The number of unbranched alkanes of at least 4 members (excludes halogenated alkanes) is 4. The summed E-state index contributed by atoms with van der Waals surface area (Å²) in [7, 11) is 0. The van der Waals surface area contributed by atoms with Gasteiger partial charge in [0.1, 0.15) is 22.1 Å². The van der Waals surface area contributed by atoms with E-state index in [0.717, 1.165) is 58.5 Å². The standard InChI is InChI=1S/C80H88N4S12/c1-11-19-23-45(15-5)39-49-27-31-57(89-49)63-53-35-37-87-75(53)65(59-33-29-51(91-59)41-47(17-7)25-21-13-3)55-43-61(93-77(55)63)67-71-73(83-95-81-71)70-69(79(67)85-9)74-72(82-96-84-74)68(80(70)86-10)62-44-56-66(60-34-30-52(92-60)42-48(18-8)26-22-14-4)76-54(36-38-88-76)64(78(56)94-62)58-32-28-50(90-58)40-46(16-6)24-20-12-2/h27-38,43-48H,11-26,39-42H2,1-10H3. The molecule has 0 N–H and O–H groups in total. The Morgan fingerprint density at radius 3 is 0.948 bits per heavy atom. The van der Waals surface area contributed by atoms with Crippen molar-refractivity contribution in [1.29, 1.82) is 0 Å². The lowest BCUT2D eigenvalue weighted by molar-refractivity contribution is 0.452. The first-order valence-electron chi connectivity index (χ1n) is 35.4. The molecule has 0 aliphatic carbocycles. The van der Waals surface area contributed by atoms with Gasteiger partial charge in [-0.1, -0.05) is 158 Å². The van der Waals surface area contributed by atoms with Gasteiger partial charge in [-0.05, 0) is 145 Å². The third kappa shape index (κ3) is 13.3. The zero-order chi connectivity index (χ0) is 66.1. The van der Waals surface area contributed by atoms with Crippen LogP contribution in [0.3, 0.4) is 0 Å². The summed E-state index contributed by atoms with van der Waals surface area (Å²) < 4.78 is 27.2. The Hall–Kier alpha value is -3.88. The Bertz CT molecular complexity index is 4470. The molecule has 0 amide bonds. The molecule has 4 atom stereocenters. The van der Waals surface area contributed by atoms with Crippen molar-refractivity contribution in [2.24, 2.45) is 23.7 Å². The fourth-order valence-electron chi connectivity index (χ4n) is 15.1. The van der Waals surface area contributed by atoms with Crippen LogP contribution in [-0.4, -0.2) is 30.0 Å². The van der Waals surface area contributed by atoms with E-state index in [1.807, 2.05) is 114 Å². The summed E-state index contributed by atoms with van der Waals surface area (Å²) in [6.45, 7) is 18.9. The van der Waals surface area contributed by atoms with E-state index in [4.69, 9.17) is 17.5 Å². The number of benzene rings is 4. The van der Waals surface area contributed by atoms with Gasteiger partial charge in [-0.3, -0.25) is 0 Å². The van der Waals surface area contributed by atoms with Gasteiger partial charge in [-0.2, -0.15) is 17.5 Å². The van der Waals surface area contributed by atoms with E-state index >= 15 is 0 Å². The molecule has 4 unspecified atom stereocenters. The molecule has 4 aromatic carbocycles. The lowest BCUT2D eigenvalue weighted by Crippen LogP contribution is -2.01. The molecule has 4 nitrogen and oxygen atoms in total. The topological polar surface area (TPSA) is 51.6 Å². The first-order valence-corrected chi connectivity index (χ1v) is 46.0. The summed E-state index contributed by atoms with van der Waals surface area (Å²) in [4.78, 5) is 16.4. The Kier molecular flexibility index (Phi) is 22.5. The smallest absolute Gasteiger partial charge is 0.115 e. The summed E-state index contributed by atoms with van der Waals surface area (Å²) >= 11 is 22.3. The van der Waals surface area contributed by atoms with E-state index in [-0.39, 0.29) is 0 Å². The van der Waals surface area contributed by atoms with Crippen molar-refractivity contribution in [2.45, 2.75) is 194 Å². The quantitative estimate of drug-likeness (QED) is 0.0392. The molecule has 10 heterocycles. The summed E-state index contributed by atoms with van der Waals surface area (Å²) in [5.74, 6) is 2.83. The second-order valence-corrected chi connectivity index (χ2v) is 37.9. The zero-order valence-corrected chi connectivity index (χ0v) is 67.0. The molecule has 10 aromatic heterocycles. The van der Waals surface area contributed by atoms with Crippen LogP contribution in [0.15, 0.2) is 93.3 Å². The van der Waals surface area contributed by atoms with Crippen LogP contribution in [0.2, 0.25) is 0 Å². The van der Waals surface area contributed by atoms with Gasteiger partial charge < -0.3 is 0 Å². The van der Waals surface area contributed by atoms with Crippen molar-refractivity contribution in [3.05, 3.63) is 103 Å². The molecule has 500 valence electrons. The maximum Gasteiger partial charge on any atom is 0.115 e. The second-order valence-electron chi connectivity index (χ2n) is 26.6. The summed E-state index contributed by atoms with van der Waals surface area (Å²) in [6.07, 6.45) is 29.4. The minimum Gasteiger partial charge on any atom is -0.172 e. The SMILES string of the molecule is CCCCC(CC)Cc1ccc(-c2c3cc(-c4c(SC)c5c6nsnc6c(-c6cc7c(-c8ccc(CC(CC)CCCC)s8)c8sccc8c(-c8ccc(CC(CC)CCCC)s8)c7s6)c(SC)c5c5nsnc45)sc3c(-c3ccc(CC(CC)CCCC)s3)c3ccsc23)s1. The monoisotopic (exact) mass is 1490 g/mol. The Labute approximate surface area is 617 Å². The van der Waals surface area contributed by atoms with Crippen molar-refractivity contribution in [1.82, 2.24) is 17.5 Å². The molecular weight excluding hydrogens is 1400 g/mol. The Balaban J connectivity index is 0.973. The highest BCUT2D eigenvalue weighted by Gasteiger charge is 2.32. The van der Waals surface area contributed by atoms with Crippen molar-refractivity contribution in [2.75, 3.05) is 12.5 Å².